The molecule has 0 radical (unpaired) electrons. The van der Waals surface area contributed by atoms with Gasteiger partial charge in [0, 0.05) is 36.7 Å². The zero-order chi connectivity index (χ0) is 23.7. The number of carbonyl (C=O) groups excluding carboxylic acids is 2. The first kappa shape index (κ1) is 21.5. The molecule has 0 saturated carbocycles. The molecule has 1 aliphatic rings. The fourth-order valence-corrected chi connectivity index (χ4v) is 3.89. The Hall–Kier alpha value is -4.32. The first-order valence-corrected chi connectivity index (χ1v) is 11.0. The van der Waals surface area contributed by atoms with Crippen LogP contribution in [-0.4, -0.2) is 37.3 Å². The van der Waals surface area contributed by atoms with Crippen LogP contribution in [0.4, 0.5) is 0 Å². The van der Waals surface area contributed by atoms with E-state index in [0.29, 0.717) is 16.9 Å². The fourth-order valence-electron chi connectivity index (χ4n) is 3.89. The number of likely N-dealkylation sites (N-methyl/N-ethyl adjacent to an activating group) is 1. The summed E-state index contributed by atoms with van der Waals surface area (Å²) in [6.45, 7) is -0.0659. The van der Waals surface area contributed by atoms with Crippen LogP contribution in [0.2, 0.25) is 0 Å². The van der Waals surface area contributed by atoms with Crippen molar-refractivity contribution < 1.29 is 23.5 Å². The third-order valence-corrected chi connectivity index (χ3v) is 5.75. The quantitative estimate of drug-likeness (QED) is 0.373. The van der Waals surface area contributed by atoms with Gasteiger partial charge in [0.05, 0.1) is 6.26 Å². The van der Waals surface area contributed by atoms with Crippen molar-refractivity contribution in [3.63, 3.8) is 0 Å². The molecular weight excluding hydrogens is 430 g/mol. The number of allylic oxidation sites excluding steroid dienone is 1. The molecule has 34 heavy (non-hydrogen) atoms. The number of benzene rings is 3. The van der Waals surface area contributed by atoms with Gasteiger partial charge in [0.15, 0.2) is 12.4 Å². The molecule has 0 aliphatic carbocycles. The second kappa shape index (κ2) is 8.90. The van der Waals surface area contributed by atoms with Gasteiger partial charge in [-0.15, -0.1) is 0 Å². The predicted molar refractivity (Wildman–Crippen MR) is 129 cm³/mol. The number of ketones is 1. The van der Waals surface area contributed by atoms with Crippen LogP contribution >= 0.6 is 0 Å². The standard InChI is InChI=1S/C28H23NO5/c1-29(2)25(30)17-33-21-12-10-19(11-13-21)27(31)28-26(18-7-4-3-5-8-18)22-15-20-9-6-14-32-23(20)16-24(22)34-28/h3-8,10-16H,9,17H2,1-2H3. The monoisotopic (exact) mass is 453 g/mol. The highest BCUT2D eigenvalue weighted by Gasteiger charge is 2.25. The Balaban J connectivity index is 1.52. The third kappa shape index (κ3) is 4.06. The second-order valence-corrected chi connectivity index (χ2v) is 8.25. The minimum absolute atomic E-state index is 0.0659. The minimum atomic E-state index is -0.233. The molecule has 0 spiro atoms. The Kier molecular flexibility index (Phi) is 5.64. The molecule has 6 nitrogen and oxygen atoms in total. The zero-order valence-corrected chi connectivity index (χ0v) is 18.9. The average molecular weight is 453 g/mol. The molecule has 4 aromatic rings. The van der Waals surface area contributed by atoms with E-state index in [2.05, 4.69) is 0 Å². The van der Waals surface area contributed by atoms with Gasteiger partial charge in [-0.2, -0.15) is 0 Å². The van der Waals surface area contributed by atoms with Crippen molar-refractivity contribution in [3.05, 3.63) is 96.0 Å². The Morgan fingerprint density at radius 2 is 1.76 bits per heavy atom. The van der Waals surface area contributed by atoms with E-state index in [1.165, 1.54) is 4.90 Å². The molecule has 0 unspecified atom stereocenters. The number of hydrogen-bond acceptors (Lipinski definition) is 5. The van der Waals surface area contributed by atoms with E-state index in [1.807, 2.05) is 48.5 Å². The number of ether oxygens (including phenoxy) is 2. The smallest absolute Gasteiger partial charge is 0.259 e. The molecule has 1 aromatic heterocycles. The molecule has 0 saturated heterocycles. The van der Waals surface area contributed by atoms with E-state index in [4.69, 9.17) is 13.9 Å². The van der Waals surface area contributed by atoms with Crippen molar-refractivity contribution in [2.45, 2.75) is 6.42 Å². The maximum Gasteiger partial charge on any atom is 0.259 e. The van der Waals surface area contributed by atoms with Crippen molar-refractivity contribution in [1.29, 1.82) is 0 Å². The molecule has 2 heterocycles. The maximum atomic E-state index is 13.6. The number of hydrogen-bond donors (Lipinski definition) is 0. The van der Waals surface area contributed by atoms with Gasteiger partial charge in [0.1, 0.15) is 17.1 Å². The molecule has 1 aliphatic heterocycles. The molecular formula is C28H23NO5. The number of nitrogens with zero attached hydrogens (tertiary/aromatic N) is 1. The highest BCUT2D eigenvalue weighted by atomic mass is 16.5. The summed E-state index contributed by atoms with van der Waals surface area (Å²) in [6.07, 6.45) is 4.38. The van der Waals surface area contributed by atoms with Crippen molar-refractivity contribution in [3.8, 4) is 22.6 Å². The van der Waals surface area contributed by atoms with Crippen LogP contribution in [0.1, 0.15) is 21.7 Å². The maximum absolute atomic E-state index is 13.6. The van der Waals surface area contributed by atoms with E-state index >= 15 is 0 Å². The van der Waals surface area contributed by atoms with Crippen LogP contribution in [0, 0.1) is 0 Å². The van der Waals surface area contributed by atoms with E-state index in [9.17, 15) is 9.59 Å². The Labute approximate surface area is 197 Å². The largest absolute Gasteiger partial charge is 0.484 e. The predicted octanol–water partition coefficient (Wildman–Crippen LogP) is 5.25. The highest BCUT2D eigenvalue weighted by Crippen LogP contribution is 2.40. The Bertz CT molecular complexity index is 1400. The van der Waals surface area contributed by atoms with Crippen LogP contribution < -0.4 is 9.47 Å². The number of rotatable bonds is 6. The van der Waals surface area contributed by atoms with Gasteiger partial charge < -0.3 is 18.8 Å². The van der Waals surface area contributed by atoms with Gasteiger partial charge >= 0.3 is 0 Å². The van der Waals surface area contributed by atoms with E-state index in [1.54, 1.807) is 44.6 Å². The number of amides is 1. The summed E-state index contributed by atoms with van der Waals surface area (Å²) >= 11 is 0. The van der Waals surface area contributed by atoms with Crippen molar-refractivity contribution >= 4 is 22.7 Å². The fraction of sp³-hybridized carbons (Fsp3) is 0.143. The highest BCUT2D eigenvalue weighted by molar-refractivity contribution is 6.16. The van der Waals surface area contributed by atoms with Crippen molar-refractivity contribution in [1.82, 2.24) is 4.90 Å². The molecule has 5 rings (SSSR count). The van der Waals surface area contributed by atoms with E-state index in [0.717, 1.165) is 34.2 Å². The summed E-state index contributed by atoms with van der Waals surface area (Å²) < 4.78 is 17.3. The number of fused-ring (bicyclic) bond motifs is 2. The molecule has 6 heteroatoms. The second-order valence-electron chi connectivity index (χ2n) is 8.25. The molecule has 3 aromatic carbocycles. The molecule has 0 atom stereocenters. The lowest BCUT2D eigenvalue weighted by atomic mass is 9.96. The van der Waals surface area contributed by atoms with Gasteiger partial charge in [-0.05, 0) is 54.0 Å². The summed E-state index contributed by atoms with van der Waals surface area (Å²) in [5.74, 6) is 1.14. The van der Waals surface area contributed by atoms with Crippen LogP contribution in [0.25, 0.3) is 22.1 Å². The first-order chi connectivity index (χ1) is 16.5. The van der Waals surface area contributed by atoms with Gasteiger partial charge in [-0.25, -0.2) is 0 Å². The molecule has 0 fully saturated rings. The lowest BCUT2D eigenvalue weighted by Gasteiger charge is -2.11. The third-order valence-electron chi connectivity index (χ3n) is 5.75. The van der Waals surface area contributed by atoms with Gasteiger partial charge in [0.2, 0.25) is 5.78 Å². The first-order valence-electron chi connectivity index (χ1n) is 11.0. The SMILES string of the molecule is CN(C)C(=O)COc1ccc(C(=O)c2oc3cc4c(cc3c2-c2ccccc2)CC=CO4)cc1. The van der Waals surface area contributed by atoms with Crippen LogP contribution in [0.3, 0.4) is 0 Å². The topological polar surface area (TPSA) is 69.0 Å². The Morgan fingerprint density at radius 3 is 2.50 bits per heavy atom. The van der Waals surface area contributed by atoms with E-state index < -0.39 is 0 Å². The van der Waals surface area contributed by atoms with Crippen LogP contribution in [0.15, 0.2) is 83.5 Å². The Morgan fingerprint density at radius 1 is 1.00 bits per heavy atom. The van der Waals surface area contributed by atoms with Crippen LogP contribution in [0.5, 0.6) is 11.5 Å². The number of carbonyl (C=O) groups is 2. The lowest BCUT2D eigenvalue weighted by molar-refractivity contribution is -0.130. The summed E-state index contributed by atoms with van der Waals surface area (Å²) in [5, 5.41) is 0.870. The van der Waals surface area contributed by atoms with E-state index in [-0.39, 0.29) is 24.1 Å². The molecule has 170 valence electrons. The number of furan rings is 1. The molecule has 0 N–H and O–H groups in total. The molecule has 0 bridgehead atoms. The molecule has 1 amide bonds. The van der Waals surface area contributed by atoms with Crippen molar-refractivity contribution in [2.24, 2.45) is 0 Å². The van der Waals surface area contributed by atoms with Gasteiger partial charge in [-0.1, -0.05) is 30.3 Å². The summed E-state index contributed by atoms with van der Waals surface area (Å²) in [5.41, 5.74) is 3.76. The normalized spacial score (nSPS) is 12.2. The minimum Gasteiger partial charge on any atom is -0.484 e. The zero-order valence-electron chi connectivity index (χ0n) is 18.9. The van der Waals surface area contributed by atoms with Crippen molar-refractivity contribution in [2.75, 3.05) is 20.7 Å². The average Bonchev–Trinajstić information content (AvgIpc) is 3.24. The van der Waals surface area contributed by atoms with Crippen LogP contribution in [-0.2, 0) is 11.2 Å². The summed E-state index contributed by atoms with van der Waals surface area (Å²) in [4.78, 5) is 26.8. The lowest BCUT2D eigenvalue weighted by Crippen LogP contribution is -2.27. The summed E-state index contributed by atoms with van der Waals surface area (Å²) in [6, 6.07) is 20.3. The van der Waals surface area contributed by atoms with Gasteiger partial charge in [0.25, 0.3) is 5.91 Å². The summed E-state index contributed by atoms with van der Waals surface area (Å²) in [7, 11) is 3.34. The van der Waals surface area contributed by atoms with Gasteiger partial charge in [-0.3, -0.25) is 9.59 Å².